The fourth-order valence-corrected chi connectivity index (χ4v) is 5.33. The first-order chi connectivity index (χ1) is 10.1. The van der Waals surface area contributed by atoms with E-state index in [9.17, 15) is 14.7 Å². The van der Waals surface area contributed by atoms with Gasteiger partial charge in [0.2, 0.25) is 0 Å². The van der Waals surface area contributed by atoms with Gasteiger partial charge < -0.3 is 10.4 Å². The topological polar surface area (TPSA) is 66.4 Å². The Hall–Kier alpha value is -1.01. The second-order valence-corrected chi connectivity index (χ2v) is 8.08. The molecule has 1 aliphatic carbocycles. The van der Waals surface area contributed by atoms with Crippen molar-refractivity contribution >= 4 is 35.0 Å². The van der Waals surface area contributed by atoms with Gasteiger partial charge in [-0.05, 0) is 61.7 Å². The fraction of sp³-hybridized carbons (Fsp3) is 0.600. The Kier molecular flexibility index (Phi) is 4.26. The maximum atomic E-state index is 12.5. The number of amides is 1. The summed E-state index contributed by atoms with van der Waals surface area (Å²) in [5.41, 5.74) is 0.201. The summed E-state index contributed by atoms with van der Waals surface area (Å²) in [5.74, 6) is 0.447. The Balaban J connectivity index is 1.78. The number of carboxylic acid groups (broad SMARTS) is 1. The van der Waals surface area contributed by atoms with E-state index in [-0.39, 0.29) is 5.91 Å². The van der Waals surface area contributed by atoms with Crippen LogP contribution in [0.25, 0.3) is 0 Å². The van der Waals surface area contributed by atoms with Gasteiger partial charge >= 0.3 is 5.97 Å². The first-order valence-corrected chi connectivity index (χ1v) is 9.33. The second-order valence-electron chi connectivity index (χ2n) is 5.72. The van der Waals surface area contributed by atoms with Gasteiger partial charge in [-0.2, -0.15) is 11.8 Å². The van der Waals surface area contributed by atoms with Gasteiger partial charge in [0.15, 0.2) is 0 Å². The van der Waals surface area contributed by atoms with E-state index < -0.39 is 11.5 Å². The van der Waals surface area contributed by atoms with Crippen LogP contribution in [-0.4, -0.2) is 34.0 Å². The zero-order chi connectivity index (χ0) is 14.9. The lowest BCUT2D eigenvalue weighted by molar-refractivity contribution is -0.144. The van der Waals surface area contributed by atoms with Crippen LogP contribution in [0.3, 0.4) is 0 Å². The van der Waals surface area contributed by atoms with Crippen molar-refractivity contribution in [2.75, 3.05) is 11.5 Å². The maximum absolute atomic E-state index is 12.5. The molecule has 1 aromatic rings. The predicted molar refractivity (Wildman–Crippen MR) is 85.4 cm³/mol. The summed E-state index contributed by atoms with van der Waals surface area (Å²) in [6.45, 7) is 0. The molecule has 1 fully saturated rings. The minimum Gasteiger partial charge on any atom is -0.480 e. The van der Waals surface area contributed by atoms with Crippen LogP contribution >= 0.6 is 23.1 Å². The number of thioether (sulfide) groups is 1. The molecule has 1 aliphatic heterocycles. The van der Waals surface area contributed by atoms with Crippen molar-refractivity contribution in [2.45, 2.75) is 44.1 Å². The minimum absolute atomic E-state index is 0.219. The normalized spacial score (nSPS) is 20.6. The lowest BCUT2D eigenvalue weighted by Gasteiger charge is -2.33. The third-order valence-corrected chi connectivity index (χ3v) is 6.55. The Bertz CT molecular complexity index is 538. The maximum Gasteiger partial charge on any atom is 0.329 e. The molecule has 0 atom stereocenters. The molecule has 4 nitrogen and oxygen atoms in total. The van der Waals surface area contributed by atoms with Crippen molar-refractivity contribution in [1.29, 1.82) is 0 Å². The number of thiophene rings is 1. The molecule has 3 rings (SSSR count). The van der Waals surface area contributed by atoms with Crippen LogP contribution in [-0.2, 0) is 17.6 Å². The SMILES string of the molecule is O=C(NC1(C(=O)O)CCSCC1)c1cc2c(s1)CCCC2. The summed E-state index contributed by atoms with van der Waals surface area (Å²) in [5, 5.41) is 12.3. The Labute approximate surface area is 132 Å². The lowest BCUT2D eigenvalue weighted by atomic mass is 9.92. The van der Waals surface area contributed by atoms with Crippen LogP contribution < -0.4 is 5.32 Å². The van der Waals surface area contributed by atoms with Crippen LogP contribution in [0.2, 0.25) is 0 Å². The van der Waals surface area contributed by atoms with Crippen molar-refractivity contribution < 1.29 is 14.7 Å². The van der Waals surface area contributed by atoms with Gasteiger partial charge in [0.05, 0.1) is 4.88 Å². The van der Waals surface area contributed by atoms with Gasteiger partial charge in [0, 0.05) is 4.88 Å². The van der Waals surface area contributed by atoms with Gasteiger partial charge in [0.1, 0.15) is 5.54 Å². The summed E-state index contributed by atoms with van der Waals surface area (Å²) in [6, 6.07) is 1.96. The number of hydrogen-bond donors (Lipinski definition) is 2. The molecule has 0 aromatic carbocycles. The van der Waals surface area contributed by atoms with Gasteiger partial charge in [0.25, 0.3) is 5.91 Å². The average Bonchev–Trinajstić information content (AvgIpc) is 2.92. The van der Waals surface area contributed by atoms with Gasteiger partial charge in [-0.15, -0.1) is 11.3 Å². The molecule has 1 saturated heterocycles. The molecule has 114 valence electrons. The molecule has 0 spiro atoms. The van der Waals surface area contributed by atoms with Crippen molar-refractivity contribution in [3.63, 3.8) is 0 Å². The second kappa shape index (κ2) is 6.01. The lowest BCUT2D eigenvalue weighted by Crippen LogP contribution is -2.56. The number of carbonyl (C=O) groups is 2. The van der Waals surface area contributed by atoms with Crippen LogP contribution in [0.4, 0.5) is 0 Å². The Morgan fingerprint density at radius 2 is 1.90 bits per heavy atom. The number of aryl methyl sites for hydroxylation is 2. The molecule has 0 bridgehead atoms. The summed E-state index contributed by atoms with van der Waals surface area (Å²) >= 11 is 3.28. The van der Waals surface area contributed by atoms with Crippen molar-refractivity contribution in [3.8, 4) is 0 Å². The molecule has 0 saturated carbocycles. The average molecular weight is 325 g/mol. The number of aliphatic carboxylic acids is 1. The van der Waals surface area contributed by atoms with E-state index in [0.29, 0.717) is 17.7 Å². The van der Waals surface area contributed by atoms with Crippen LogP contribution in [0.15, 0.2) is 6.07 Å². The number of carbonyl (C=O) groups excluding carboxylic acids is 1. The number of rotatable bonds is 3. The molecule has 0 unspecified atom stereocenters. The number of carboxylic acids is 1. The van der Waals surface area contributed by atoms with E-state index in [1.807, 2.05) is 6.07 Å². The molecule has 6 heteroatoms. The minimum atomic E-state index is -1.08. The van der Waals surface area contributed by atoms with Gasteiger partial charge in [-0.3, -0.25) is 4.79 Å². The monoisotopic (exact) mass is 325 g/mol. The van der Waals surface area contributed by atoms with Crippen LogP contribution in [0.1, 0.15) is 45.8 Å². The molecular formula is C15H19NO3S2. The smallest absolute Gasteiger partial charge is 0.329 e. The molecule has 0 radical (unpaired) electrons. The highest BCUT2D eigenvalue weighted by molar-refractivity contribution is 7.99. The van der Waals surface area contributed by atoms with Crippen molar-refractivity contribution in [3.05, 3.63) is 21.4 Å². The zero-order valence-corrected chi connectivity index (χ0v) is 13.4. The van der Waals surface area contributed by atoms with Crippen molar-refractivity contribution in [2.24, 2.45) is 0 Å². The van der Waals surface area contributed by atoms with E-state index in [1.54, 1.807) is 11.8 Å². The predicted octanol–water partition coefficient (Wildman–Crippen LogP) is 2.71. The largest absolute Gasteiger partial charge is 0.480 e. The molecule has 2 aliphatic rings. The highest BCUT2D eigenvalue weighted by Crippen LogP contribution is 2.31. The van der Waals surface area contributed by atoms with Crippen LogP contribution in [0, 0.1) is 0 Å². The van der Waals surface area contributed by atoms with Gasteiger partial charge in [-0.25, -0.2) is 4.79 Å². The molecule has 2 heterocycles. The Morgan fingerprint density at radius 3 is 2.57 bits per heavy atom. The molecule has 2 N–H and O–H groups in total. The third kappa shape index (κ3) is 2.97. The summed E-state index contributed by atoms with van der Waals surface area (Å²) in [7, 11) is 0. The number of hydrogen-bond acceptors (Lipinski definition) is 4. The van der Waals surface area contributed by atoms with E-state index in [0.717, 1.165) is 24.3 Å². The summed E-state index contributed by atoms with van der Waals surface area (Å²) in [6.07, 6.45) is 5.47. The standard InChI is InChI=1S/C15H19NO3S2/c17-13(12-9-10-3-1-2-4-11(10)21-12)16-15(14(18)19)5-7-20-8-6-15/h9H,1-8H2,(H,16,17)(H,18,19). The number of fused-ring (bicyclic) bond motifs is 1. The summed E-state index contributed by atoms with van der Waals surface area (Å²) in [4.78, 5) is 26.1. The van der Waals surface area contributed by atoms with E-state index in [4.69, 9.17) is 0 Å². The molecular weight excluding hydrogens is 306 g/mol. The fourth-order valence-electron chi connectivity index (χ4n) is 2.99. The van der Waals surface area contributed by atoms with E-state index in [2.05, 4.69) is 5.32 Å². The number of nitrogens with one attached hydrogen (secondary N) is 1. The van der Waals surface area contributed by atoms with E-state index >= 15 is 0 Å². The molecule has 1 aromatic heterocycles. The summed E-state index contributed by atoms with van der Waals surface area (Å²) < 4.78 is 0. The van der Waals surface area contributed by atoms with Crippen LogP contribution in [0.5, 0.6) is 0 Å². The Morgan fingerprint density at radius 1 is 1.19 bits per heavy atom. The molecule has 21 heavy (non-hydrogen) atoms. The quantitative estimate of drug-likeness (QED) is 0.897. The van der Waals surface area contributed by atoms with Crippen molar-refractivity contribution in [1.82, 2.24) is 5.32 Å². The highest BCUT2D eigenvalue weighted by Gasteiger charge is 2.41. The third-order valence-electron chi connectivity index (χ3n) is 4.33. The first kappa shape index (κ1) is 14.9. The molecule has 1 amide bonds. The first-order valence-electron chi connectivity index (χ1n) is 7.36. The van der Waals surface area contributed by atoms with E-state index in [1.165, 1.54) is 34.6 Å². The highest BCUT2D eigenvalue weighted by atomic mass is 32.2. The zero-order valence-electron chi connectivity index (χ0n) is 11.8. The van der Waals surface area contributed by atoms with Gasteiger partial charge in [-0.1, -0.05) is 0 Å².